The second-order valence-corrected chi connectivity index (χ2v) is 7.74. The Hall–Kier alpha value is -1.89. The van der Waals surface area contributed by atoms with Crippen LogP contribution in [-0.4, -0.2) is 49.3 Å². The van der Waals surface area contributed by atoms with Gasteiger partial charge in [0.05, 0.1) is 23.2 Å². The van der Waals surface area contributed by atoms with Crippen molar-refractivity contribution >= 4 is 27.5 Å². The molecule has 0 radical (unpaired) electrons. The molecule has 0 saturated carbocycles. The highest BCUT2D eigenvalue weighted by atomic mass is 32.2. The number of carbonyl (C=O) groups is 2. The van der Waals surface area contributed by atoms with E-state index >= 15 is 0 Å². The molecular formula is C14H16N2O4S. The first-order valence-electron chi connectivity index (χ1n) is 6.78. The average Bonchev–Trinajstić information content (AvgIpc) is 2.39. The van der Waals surface area contributed by atoms with Crippen LogP contribution in [0.15, 0.2) is 24.3 Å². The van der Waals surface area contributed by atoms with Crippen molar-refractivity contribution in [3.63, 3.8) is 0 Å². The van der Waals surface area contributed by atoms with E-state index in [0.717, 1.165) is 10.5 Å². The fourth-order valence-corrected chi connectivity index (χ4v) is 4.31. The van der Waals surface area contributed by atoms with E-state index < -0.39 is 21.9 Å². The van der Waals surface area contributed by atoms with Gasteiger partial charge in [0.25, 0.3) is 0 Å². The number of fused-ring (bicyclic) bond motifs is 1. The Morgan fingerprint density at radius 2 is 1.81 bits per heavy atom. The Bertz CT molecular complexity index is 696. The van der Waals surface area contributed by atoms with Crippen LogP contribution < -0.4 is 4.90 Å². The zero-order chi connectivity index (χ0) is 15.2. The van der Waals surface area contributed by atoms with Crippen LogP contribution in [0.3, 0.4) is 0 Å². The zero-order valence-electron chi connectivity index (χ0n) is 11.7. The zero-order valence-corrected chi connectivity index (χ0v) is 12.5. The van der Waals surface area contributed by atoms with Crippen molar-refractivity contribution in [1.29, 1.82) is 0 Å². The second-order valence-electron chi connectivity index (χ2n) is 5.51. The first-order chi connectivity index (χ1) is 9.87. The van der Waals surface area contributed by atoms with Crippen LogP contribution in [0, 0.1) is 6.92 Å². The summed E-state index contributed by atoms with van der Waals surface area (Å²) in [6.07, 6.45) is 0.0544. The van der Waals surface area contributed by atoms with Gasteiger partial charge in [-0.05, 0) is 19.1 Å². The summed E-state index contributed by atoms with van der Waals surface area (Å²) in [6.45, 7) is 2.08. The van der Waals surface area contributed by atoms with Crippen molar-refractivity contribution in [3.8, 4) is 0 Å². The molecule has 0 spiro atoms. The number of nitrogens with zero attached hydrogens (tertiary/aromatic N) is 2. The van der Waals surface area contributed by atoms with Crippen molar-refractivity contribution in [2.45, 2.75) is 19.4 Å². The minimum atomic E-state index is -3.15. The van der Waals surface area contributed by atoms with Gasteiger partial charge in [-0.1, -0.05) is 17.7 Å². The van der Waals surface area contributed by atoms with Crippen LogP contribution in [-0.2, 0) is 14.6 Å². The van der Waals surface area contributed by atoms with E-state index in [1.54, 1.807) is 12.1 Å². The Morgan fingerprint density at radius 1 is 1.14 bits per heavy atom. The number of amides is 3. The number of anilines is 1. The van der Waals surface area contributed by atoms with Crippen LogP contribution in [0.4, 0.5) is 10.5 Å². The van der Waals surface area contributed by atoms with Crippen molar-refractivity contribution in [3.05, 3.63) is 29.8 Å². The van der Waals surface area contributed by atoms with Gasteiger partial charge < -0.3 is 4.90 Å². The molecule has 2 heterocycles. The molecule has 0 bridgehead atoms. The Balaban J connectivity index is 1.90. The van der Waals surface area contributed by atoms with Crippen molar-refractivity contribution in [2.75, 3.05) is 23.0 Å². The monoisotopic (exact) mass is 308 g/mol. The van der Waals surface area contributed by atoms with E-state index in [2.05, 4.69) is 0 Å². The molecule has 2 saturated heterocycles. The van der Waals surface area contributed by atoms with Crippen LogP contribution >= 0.6 is 0 Å². The number of urea groups is 1. The van der Waals surface area contributed by atoms with Crippen LogP contribution in [0.1, 0.15) is 12.0 Å². The molecule has 2 fully saturated rings. The number of carbonyl (C=O) groups excluding carboxylic acids is 2. The molecule has 7 heteroatoms. The van der Waals surface area contributed by atoms with Crippen molar-refractivity contribution in [1.82, 2.24) is 4.90 Å². The highest BCUT2D eigenvalue weighted by molar-refractivity contribution is 7.91. The Morgan fingerprint density at radius 3 is 2.48 bits per heavy atom. The first-order valence-corrected chi connectivity index (χ1v) is 8.60. The third kappa shape index (κ3) is 2.53. The minimum absolute atomic E-state index is 0.0365. The van der Waals surface area contributed by atoms with Gasteiger partial charge in [0.1, 0.15) is 0 Å². The summed E-state index contributed by atoms with van der Waals surface area (Å²) in [5.41, 5.74) is 1.57. The lowest BCUT2D eigenvalue weighted by atomic mass is 10.1. The number of hydrogen-bond acceptors (Lipinski definition) is 4. The predicted molar refractivity (Wildman–Crippen MR) is 77.8 cm³/mol. The minimum Gasteiger partial charge on any atom is -0.318 e. The van der Waals surface area contributed by atoms with Gasteiger partial charge in [-0.25, -0.2) is 18.1 Å². The smallest absolute Gasteiger partial charge is 0.318 e. The summed E-state index contributed by atoms with van der Waals surface area (Å²) in [7, 11) is -3.15. The lowest BCUT2D eigenvalue weighted by Crippen LogP contribution is -2.62. The molecule has 1 aromatic carbocycles. The number of hydrogen-bond donors (Lipinski definition) is 0. The predicted octanol–water partition coefficient (Wildman–Crippen LogP) is 0.951. The summed E-state index contributed by atoms with van der Waals surface area (Å²) in [5, 5.41) is 0. The maximum Gasteiger partial charge on any atom is 0.331 e. The highest BCUT2D eigenvalue weighted by Crippen LogP contribution is 2.27. The van der Waals surface area contributed by atoms with E-state index in [-0.39, 0.29) is 30.4 Å². The molecule has 112 valence electrons. The maximum atomic E-state index is 12.5. The summed E-state index contributed by atoms with van der Waals surface area (Å²) in [6, 6.07) is 6.18. The number of sulfone groups is 1. The quantitative estimate of drug-likeness (QED) is 0.774. The van der Waals surface area contributed by atoms with E-state index in [1.807, 2.05) is 19.1 Å². The van der Waals surface area contributed by atoms with Gasteiger partial charge in [0.15, 0.2) is 9.84 Å². The summed E-state index contributed by atoms with van der Waals surface area (Å²) in [5.74, 6) is -0.501. The Labute approximate surface area is 123 Å². The third-order valence-electron chi connectivity index (χ3n) is 3.92. The number of imide groups is 1. The van der Waals surface area contributed by atoms with Gasteiger partial charge >= 0.3 is 6.03 Å². The average molecular weight is 308 g/mol. The van der Waals surface area contributed by atoms with Crippen molar-refractivity contribution < 1.29 is 18.0 Å². The first kappa shape index (κ1) is 14.1. The van der Waals surface area contributed by atoms with Gasteiger partial charge in [-0.3, -0.25) is 4.79 Å². The van der Waals surface area contributed by atoms with E-state index in [9.17, 15) is 18.0 Å². The molecule has 1 unspecified atom stereocenters. The van der Waals surface area contributed by atoms with Crippen molar-refractivity contribution in [2.24, 2.45) is 0 Å². The molecular weight excluding hydrogens is 292 g/mol. The lowest BCUT2D eigenvalue weighted by molar-refractivity contribution is -0.120. The molecule has 2 aliphatic rings. The molecule has 6 nitrogen and oxygen atoms in total. The van der Waals surface area contributed by atoms with Crippen LogP contribution in [0.25, 0.3) is 0 Å². The van der Waals surface area contributed by atoms with E-state index in [4.69, 9.17) is 0 Å². The van der Waals surface area contributed by atoms with Crippen LogP contribution in [0.2, 0.25) is 0 Å². The van der Waals surface area contributed by atoms with E-state index in [0.29, 0.717) is 5.69 Å². The van der Waals surface area contributed by atoms with Gasteiger partial charge in [-0.15, -0.1) is 0 Å². The lowest BCUT2D eigenvalue weighted by Gasteiger charge is -2.42. The molecule has 1 aromatic rings. The second kappa shape index (κ2) is 4.84. The van der Waals surface area contributed by atoms with Gasteiger partial charge in [-0.2, -0.15) is 0 Å². The molecule has 1 atom stereocenters. The largest absolute Gasteiger partial charge is 0.331 e. The summed E-state index contributed by atoms with van der Waals surface area (Å²) < 4.78 is 23.3. The molecule has 3 amide bonds. The topological polar surface area (TPSA) is 74.8 Å². The molecule has 2 aliphatic heterocycles. The standard InChI is InChI=1S/C14H16N2O4S/c1-10-2-4-11(5-3-10)16-13(17)8-12-9-21(19,20)7-6-15(12)14(16)18/h2-5,12H,6-9H2,1H3. The molecule has 3 rings (SSSR count). The highest BCUT2D eigenvalue weighted by Gasteiger charge is 2.43. The van der Waals surface area contributed by atoms with E-state index in [1.165, 1.54) is 4.90 Å². The normalized spacial score (nSPS) is 24.9. The van der Waals surface area contributed by atoms with Gasteiger partial charge in [0, 0.05) is 13.0 Å². The summed E-state index contributed by atoms with van der Waals surface area (Å²) >= 11 is 0. The number of aryl methyl sites for hydroxylation is 1. The van der Waals surface area contributed by atoms with Crippen LogP contribution in [0.5, 0.6) is 0 Å². The SMILES string of the molecule is Cc1ccc(N2C(=O)CC3CS(=O)(=O)CCN3C2=O)cc1. The molecule has 0 aromatic heterocycles. The fourth-order valence-electron chi connectivity index (χ4n) is 2.78. The molecule has 0 N–H and O–H groups in total. The van der Waals surface area contributed by atoms with Gasteiger partial charge in [0.2, 0.25) is 5.91 Å². The molecule has 0 aliphatic carbocycles. The Kier molecular flexibility index (Phi) is 3.24. The fraction of sp³-hybridized carbons (Fsp3) is 0.429. The number of rotatable bonds is 1. The number of benzene rings is 1. The summed E-state index contributed by atoms with van der Waals surface area (Å²) in [4.78, 5) is 27.4. The molecule has 21 heavy (non-hydrogen) atoms. The third-order valence-corrected chi connectivity index (χ3v) is 5.62. The maximum absolute atomic E-state index is 12.5.